The second kappa shape index (κ2) is 4.16. The summed E-state index contributed by atoms with van der Waals surface area (Å²) >= 11 is 0. The summed E-state index contributed by atoms with van der Waals surface area (Å²) in [5.74, 6) is -1.15. The monoisotopic (exact) mass is 237 g/mol. The van der Waals surface area contributed by atoms with E-state index in [1.165, 1.54) is 13.2 Å². The van der Waals surface area contributed by atoms with Gasteiger partial charge in [0, 0.05) is 17.7 Å². The van der Waals surface area contributed by atoms with Crippen LogP contribution in [0, 0.1) is 0 Å². The number of carbonyl (C=O) groups is 1. The summed E-state index contributed by atoms with van der Waals surface area (Å²) in [6.45, 7) is 1.73. The van der Waals surface area contributed by atoms with Crippen LogP contribution in [0.4, 0.5) is 4.39 Å². The molecule has 0 saturated heterocycles. The van der Waals surface area contributed by atoms with Crippen molar-refractivity contribution in [2.75, 3.05) is 7.11 Å². The number of methoxy groups -OCH3 is 1. The smallest absolute Gasteiger partial charge is 0.307 e. The number of hydrogen-bond donors (Lipinski definition) is 1. The number of nitrogens with zero attached hydrogens (tertiary/aromatic N) is 1. The lowest BCUT2D eigenvalue weighted by molar-refractivity contribution is -0.136. The summed E-state index contributed by atoms with van der Waals surface area (Å²) in [4.78, 5) is 15.0. The number of hydrogen-bond acceptors (Lipinski definition) is 3. The van der Waals surface area contributed by atoms with Gasteiger partial charge in [0.2, 0.25) is 0 Å². The van der Waals surface area contributed by atoms with E-state index in [9.17, 15) is 9.18 Å². The van der Waals surface area contributed by atoms with Crippen molar-refractivity contribution in [3.63, 3.8) is 0 Å². The molecule has 0 bridgehead atoms. The van der Waals surface area contributed by atoms with Crippen LogP contribution < -0.4 is 0 Å². The average Bonchev–Trinajstić information content (AvgIpc) is 2.53. The van der Waals surface area contributed by atoms with Crippen molar-refractivity contribution < 1.29 is 19.0 Å². The molecule has 0 spiro atoms. The predicted octanol–water partition coefficient (Wildman–Crippen LogP) is 2.35. The lowest BCUT2D eigenvalue weighted by atomic mass is 9.93. The number of aliphatic imine (C=N–C) groups is 1. The van der Waals surface area contributed by atoms with Gasteiger partial charge in [-0.2, -0.15) is 0 Å². The Labute approximate surface area is 97.8 Å². The maximum Gasteiger partial charge on any atom is 0.307 e. The molecule has 17 heavy (non-hydrogen) atoms. The van der Waals surface area contributed by atoms with Crippen molar-refractivity contribution in [1.29, 1.82) is 0 Å². The molecule has 1 aliphatic heterocycles. The summed E-state index contributed by atoms with van der Waals surface area (Å²) in [5, 5.41) is 8.83. The molecular formula is C12H12FNO3. The first-order valence-electron chi connectivity index (χ1n) is 5.17. The Kier molecular flexibility index (Phi) is 2.83. The van der Waals surface area contributed by atoms with Crippen LogP contribution in [-0.2, 0) is 9.53 Å². The third kappa shape index (κ3) is 2.00. The second-order valence-electron chi connectivity index (χ2n) is 3.90. The molecule has 0 saturated carbocycles. The van der Waals surface area contributed by atoms with Crippen molar-refractivity contribution in [3.8, 4) is 0 Å². The molecule has 0 fully saturated rings. The minimum Gasteiger partial charge on any atom is -0.494 e. The molecule has 0 aromatic carbocycles. The van der Waals surface area contributed by atoms with E-state index in [4.69, 9.17) is 9.84 Å². The van der Waals surface area contributed by atoms with Gasteiger partial charge in [-0.3, -0.25) is 9.79 Å². The number of carboxylic acid groups (broad SMARTS) is 1. The average molecular weight is 237 g/mol. The molecule has 90 valence electrons. The van der Waals surface area contributed by atoms with Crippen molar-refractivity contribution in [1.82, 2.24) is 0 Å². The van der Waals surface area contributed by atoms with Gasteiger partial charge in [-0.1, -0.05) is 0 Å². The SMILES string of the molecule is COC1=C(F)CC2=NC(C)=C(CC(=O)O)C2=C1. The normalized spacial score (nSPS) is 19.0. The highest BCUT2D eigenvalue weighted by Gasteiger charge is 2.28. The highest BCUT2D eigenvalue weighted by Crippen LogP contribution is 2.35. The molecule has 4 nitrogen and oxygen atoms in total. The Morgan fingerprint density at radius 2 is 2.35 bits per heavy atom. The topological polar surface area (TPSA) is 58.9 Å². The third-order valence-electron chi connectivity index (χ3n) is 2.79. The molecule has 2 rings (SSSR count). The first kappa shape index (κ1) is 11.6. The minimum atomic E-state index is -0.925. The first-order chi connectivity index (χ1) is 8.02. The van der Waals surface area contributed by atoms with Crippen LogP contribution in [0.25, 0.3) is 0 Å². The molecule has 2 aliphatic rings. The summed E-state index contributed by atoms with van der Waals surface area (Å²) < 4.78 is 18.4. The van der Waals surface area contributed by atoms with Gasteiger partial charge in [-0.25, -0.2) is 4.39 Å². The zero-order chi connectivity index (χ0) is 12.6. The third-order valence-corrected chi connectivity index (χ3v) is 2.79. The fourth-order valence-electron chi connectivity index (χ4n) is 1.99. The molecule has 1 aliphatic carbocycles. The van der Waals surface area contributed by atoms with Gasteiger partial charge in [-0.15, -0.1) is 0 Å². The van der Waals surface area contributed by atoms with Gasteiger partial charge >= 0.3 is 5.97 Å². The van der Waals surface area contributed by atoms with Crippen LogP contribution in [0.5, 0.6) is 0 Å². The van der Waals surface area contributed by atoms with E-state index in [-0.39, 0.29) is 24.4 Å². The Balaban J connectivity index is 2.40. The maximum absolute atomic E-state index is 13.5. The van der Waals surface area contributed by atoms with E-state index in [0.29, 0.717) is 22.6 Å². The van der Waals surface area contributed by atoms with Crippen LogP contribution >= 0.6 is 0 Å². The molecule has 0 atom stereocenters. The first-order valence-corrected chi connectivity index (χ1v) is 5.17. The van der Waals surface area contributed by atoms with E-state index >= 15 is 0 Å². The quantitative estimate of drug-likeness (QED) is 0.819. The molecule has 1 heterocycles. The van der Waals surface area contributed by atoms with Crippen LogP contribution in [0.2, 0.25) is 0 Å². The van der Waals surface area contributed by atoms with Crippen molar-refractivity contribution in [2.24, 2.45) is 4.99 Å². The van der Waals surface area contributed by atoms with Crippen LogP contribution in [0.1, 0.15) is 19.8 Å². The van der Waals surface area contributed by atoms with E-state index < -0.39 is 5.97 Å². The Hall–Kier alpha value is -1.91. The molecule has 1 N–H and O–H groups in total. The zero-order valence-electron chi connectivity index (χ0n) is 9.58. The number of rotatable bonds is 3. The van der Waals surface area contributed by atoms with E-state index in [1.807, 2.05) is 0 Å². The molecule has 5 heteroatoms. The summed E-state index contributed by atoms with van der Waals surface area (Å²) in [5.41, 5.74) is 2.54. The Morgan fingerprint density at radius 1 is 1.65 bits per heavy atom. The van der Waals surface area contributed by atoms with Gasteiger partial charge in [0.15, 0.2) is 5.76 Å². The highest BCUT2D eigenvalue weighted by atomic mass is 19.1. The van der Waals surface area contributed by atoms with Crippen LogP contribution in [-0.4, -0.2) is 23.9 Å². The minimum absolute atomic E-state index is 0.0649. The molecule has 0 radical (unpaired) electrons. The number of allylic oxidation sites excluding steroid dienone is 4. The Bertz CT molecular complexity index is 512. The molecule has 0 unspecified atom stereocenters. The zero-order valence-corrected chi connectivity index (χ0v) is 9.58. The van der Waals surface area contributed by atoms with Gasteiger partial charge in [-0.05, 0) is 18.6 Å². The maximum atomic E-state index is 13.5. The molecule has 0 aromatic heterocycles. The van der Waals surface area contributed by atoms with Gasteiger partial charge in [0.05, 0.1) is 19.2 Å². The predicted molar refractivity (Wildman–Crippen MR) is 60.2 cm³/mol. The number of aliphatic carboxylic acids is 1. The summed E-state index contributed by atoms with van der Waals surface area (Å²) in [7, 11) is 1.39. The number of halogens is 1. The fraction of sp³-hybridized carbons (Fsp3) is 0.333. The number of fused-ring (bicyclic) bond motifs is 1. The van der Waals surface area contributed by atoms with Crippen LogP contribution in [0.3, 0.4) is 0 Å². The van der Waals surface area contributed by atoms with E-state index in [1.54, 1.807) is 6.92 Å². The largest absolute Gasteiger partial charge is 0.494 e. The highest BCUT2D eigenvalue weighted by molar-refractivity contribution is 6.10. The standard InChI is InChI=1S/C12H12FNO3/c1-6-7(4-12(15)16)8-3-11(17-2)9(13)5-10(8)14-6/h3H,4-5H2,1-2H3,(H,15,16). The summed E-state index contributed by atoms with van der Waals surface area (Å²) in [6, 6.07) is 0. The van der Waals surface area contributed by atoms with Crippen molar-refractivity contribution in [2.45, 2.75) is 19.8 Å². The van der Waals surface area contributed by atoms with E-state index in [0.717, 1.165) is 0 Å². The lowest BCUT2D eigenvalue weighted by Gasteiger charge is -2.14. The van der Waals surface area contributed by atoms with Crippen molar-refractivity contribution >= 4 is 11.7 Å². The fourth-order valence-corrected chi connectivity index (χ4v) is 1.99. The van der Waals surface area contributed by atoms with Gasteiger partial charge in [0.1, 0.15) is 5.83 Å². The second-order valence-corrected chi connectivity index (χ2v) is 3.90. The molecule has 0 aromatic rings. The van der Waals surface area contributed by atoms with Crippen LogP contribution in [0.15, 0.2) is 39.5 Å². The molecular weight excluding hydrogens is 225 g/mol. The van der Waals surface area contributed by atoms with E-state index in [2.05, 4.69) is 4.99 Å². The molecule has 0 amide bonds. The van der Waals surface area contributed by atoms with Gasteiger partial charge < -0.3 is 9.84 Å². The number of ether oxygens (including phenoxy) is 1. The lowest BCUT2D eigenvalue weighted by Crippen LogP contribution is -2.10. The van der Waals surface area contributed by atoms with Gasteiger partial charge in [0.25, 0.3) is 0 Å². The Morgan fingerprint density at radius 3 is 2.94 bits per heavy atom. The number of carboxylic acids is 1. The van der Waals surface area contributed by atoms with Crippen molar-refractivity contribution in [3.05, 3.63) is 34.5 Å². The summed E-state index contributed by atoms with van der Waals surface area (Å²) in [6.07, 6.45) is 1.48.